The SMILES string of the molecule is COc1ccc(-n2c(C)cc(/C=C3\S/C(=N/c4nc(C)c(C)s4)NC3=O)c2C)cc1OC. The Balaban J connectivity index is 1.65. The fraction of sp³-hybridized carbons (Fsp3) is 0.261. The minimum absolute atomic E-state index is 0.158. The lowest BCUT2D eigenvalue weighted by Crippen LogP contribution is -2.19. The number of nitrogens with one attached hydrogen (secondary N) is 1. The van der Waals surface area contributed by atoms with E-state index in [0.29, 0.717) is 26.7 Å². The third kappa shape index (κ3) is 4.18. The number of aliphatic imine (C=N–C) groups is 1. The van der Waals surface area contributed by atoms with Gasteiger partial charge in [0.2, 0.25) is 5.13 Å². The van der Waals surface area contributed by atoms with E-state index in [1.807, 2.05) is 52.0 Å². The summed E-state index contributed by atoms with van der Waals surface area (Å²) in [6.07, 6.45) is 1.90. The normalized spacial score (nSPS) is 16.1. The zero-order chi connectivity index (χ0) is 23.0. The molecule has 1 aliphatic heterocycles. The van der Waals surface area contributed by atoms with E-state index in [9.17, 15) is 4.79 Å². The number of nitrogens with zero attached hydrogens (tertiary/aromatic N) is 3. The minimum atomic E-state index is -0.158. The monoisotopic (exact) mass is 468 g/mol. The van der Waals surface area contributed by atoms with Crippen LogP contribution in [0.4, 0.5) is 5.13 Å². The fourth-order valence-corrected chi connectivity index (χ4v) is 5.17. The van der Waals surface area contributed by atoms with Gasteiger partial charge in [0.25, 0.3) is 5.91 Å². The summed E-state index contributed by atoms with van der Waals surface area (Å²) < 4.78 is 12.9. The number of carbonyl (C=O) groups is 1. The predicted molar refractivity (Wildman–Crippen MR) is 131 cm³/mol. The molecule has 2 aromatic heterocycles. The quantitative estimate of drug-likeness (QED) is 0.529. The molecule has 0 saturated carbocycles. The van der Waals surface area contributed by atoms with Crippen LogP contribution in [0.15, 0.2) is 34.2 Å². The maximum absolute atomic E-state index is 12.5. The summed E-state index contributed by atoms with van der Waals surface area (Å²) in [5.74, 6) is 1.18. The Morgan fingerprint density at radius 3 is 2.50 bits per heavy atom. The highest BCUT2D eigenvalue weighted by atomic mass is 32.2. The van der Waals surface area contributed by atoms with Crippen LogP contribution in [0, 0.1) is 27.7 Å². The van der Waals surface area contributed by atoms with Crippen molar-refractivity contribution < 1.29 is 14.3 Å². The largest absolute Gasteiger partial charge is 0.493 e. The molecule has 4 rings (SSSR count). The number of thioether (sulfide) groups is 1. The summed E-state index contributed by atoms with van der Waals surface area (Å²) in [5, 5.41) is 4.03. The van der Waals surface area contributed by atoms with Gasteiger partial charge in [0.1, 0.15) is 0 Å². The third-order valence-corrected chi connectivity index (χ3v) is 7.12. The van der Waals surface area contributed by atoms with Crippen molar-refractivity contribution >= 4 is 45.4 Å². The number of methoxy groups -OCH3 is 2. The van der Waals surface area contributed by atoms with Crippen LogP contribution >= 0.6 is 23.1 Å². The van der Waals surface area contributed by atoms with Gasteiger partial charge in [0, 0.05) is 28.0 Å². The van der Waals surface area contributed by atoms with Crippen LogP contribution in [0.2, 0.25) is 0 Å². The molecule has 32 heavy (non-hydrogen) atoms. The van der Waals surface area contributed by atoms with E-state index < -0.39 is 0 Å². The van der Waals surface area contributed by atoms with Crippen LogP contribution in [0.1, 0.15) is 27.5 Å². The summed E-state index contributed by atoms with van der Waals surface area (Å²) in [7, 11) is 3.24. The highest BCUT2D eigenvalue weighted by Gasteiger charge is 2.25. The van der Waals surface area contributed by atoms with Gasteiger partial charge >= 0.3 is 0 Å². The lowest BCUT2D eigenvalue weighted by molar-refractivity contribution is -0.115. The van der Waals surface area contributed by atoms with E-state index in [1.54, 1.807) is 14.2 Å². The van der Waals surface area contributed by atoms with Crippen molar-refractivity contribution in [3.05, 3.63) is 56.7 Å². The maximum Gasteiger partial charge on any atom is 0.264 e. The van der Waals surface area contributed by atoms with E-state index in [4.69, 9.17) is 9.47 Å². The Hall–Kier alpha value is -3.04. The first-order valence-corrected chi connectivity index (χ1v) is 11.6. The fourth-order valence-electron chi connectivity index (χ4n) is 3.51. The molecule has 1 amide bonds. The summed E-state index contributed by atoms with van der Waals surface area (Å²) in [5.41, 5.74) is 4.96. The van der Waals surface area contributed by atoms with Crippen LogP contribution < -0.4 is 14.8 Å². The molecule has 166 valence electrons. The molecule has 7 nitrogen and oxygen atoms in total. The van der Waals surface area contributed by atoms with Crippen LogP contribution in [-0.2, 0) is 4.79 Å². The molecule has 0 unspecified atom stereocenters. The number of carbonyl (C=O) groups excluding carboxylic acids is 1. The first-order valence-electron chi connectivity index (χ1n) is 9.95. The lowest BCUT2D eigenvalue weighted by Gasteiger charge is -2.13. The van der Waals surface area contributed by atoms with E-state index >= 15 is 0 Å². The van der Waals surface area contributed by atoms with Crippen molar-refractivity contribution in [1.29, 1.82) is 0 Å². The minimum Gasteiger partial charge on any atom is -0.493 e. The maximum atomic E-state index is 12.5. The van der Waals surface area contributed by atoms with E-state index in [0.717, 1.165) is 33.2 Å². The van der Waals surface area contributed by atoms with E-state index in [1.165, 1.54) is 23.1 Å². The predicted octanol–water partition coefficient (Wildman–Crippen LogP) is 5.08. The zero-order valence-electron chi connectivity index (χ0n) is 18.8. The molecule has 0 bridgehead atoms. The molecule has 0 radical (unpaired) electrons. The molecular formula is C23H24N4O3S2. The molecule has 1 aliphatic rings. The molecular weight excluding hydrogens is 444 g/mol. The average Bonchev–Trinajstić information content (AvgIpc) is 3.36. The molecule has 0 atom stereocenters. The molecule has 0 spiro atoms. The van der Waals surface area contributed by atoms with Gasteiger partial charge in [-0.25, -0.2) is 4.98 Å². The topological polar surface area (TPSA) is 77.7 Å². The van der Waals surface area contributed by atoms with E-state index in [-0.39, 0.29) is 5.91 Å². The summed E-state index contributed by atoms with van der Waals surface area (Å²) in [6, 6.07) is 7.87. The number of hydrogen-bond acceptors (Lipinski definition) is 7. The number of aromatic nitrogens is 2. The van der Waals surface area contributed by atoms with Crippen LogP contribution in [-0.4, -0.2) is 34.8 Å². The van der Waals surface area contributed by atoms with Gasteiger partial charge in [-0.1, -0.05) is 11.3 Å². The molecule has 1 N–H and O–H groups in total. The molecule has 1 fully saturated rings. The second kappa shape index (κ2) is 8.84. The van der Waals surface area contributed by atoms with Crippen LogP contribution in [0.25, 0.3) is 11.8 Å². The van der Waals surface area contributed by atoms with Gasteiger partial charge in [-0.15, -0.1) is 0 Å². The Bertz CT molecular complexity index is 1250. The highest BCUT2D eigenvalue weighted by Crippen LogP contribution is 2.34. The van der Waals surface area contributed by atoms with Crippen molar-refractivity contribution in [3.63, 3.8) is 0 Å². The average molecular weight is 469 g/mol. The summed E-state index contributed by atoms with van der Waals surface area (Å²) >= 11 is 2.84. The first-order chi connectivity index (χ1) is 15.3. The zero-order valence-corrected chi connectivity index (χ0v) is 20.4. The summed E-state index contributed by atoms with van der Waals surface area (Å²) in [4.78, 5) is 23.2. The Morgan fingerprint density at radius 1 is 1.09 bits per heavy atom. The highest BCUT2D eigenvalue weighted by molar-refractivity contribution is 8.18. The van der Waals surface area contributed by atoms with Crippen molar-refractivity contribution in [1.82, 2.24) is 14.9 Å². The standard InChI is InChI=1S/C23H24N4O3S2/c1-12-9-16(14(3)27(12)17-7-8-18(29-5)19(11-17)30-6)10-20-21(28)25-23(32-20)26-22-24-13(2)15(4)31-22/h7-11H,1-6H3,(H,24,25,26,28)/b20-10-. The first kappa shape index (κ1) is 22.2. The number of amidine groups is 1. The van der Waals surface area contributed by atoms with Gasteiger partial charge in [-0.05, 0) is 69.3 Å². The summed E-state index contributed by atoms with van der Waals surface area (Å²) in [6.45, 7) is 8.03. The van der Waals surface area contributed by atoms with E-state index in [2.05, 4.69) is 25.9 Å². The van der Waals surface area contributed by atoms with Crippen molar-refractivity contribution in [2.45, 2.75) is 27.7 Å². The van der Waals surface area contributed by atoms with Crippen LogP contribution in [0.5, 0.6) is 11.5 Å². The smallest absolute Gasteiger partial charge is 0.264 e. The van der Waals surface area contributed by atoms with Crippen molar-refractivity contribution in [3.8, 4) is 17.2 Å². The molecule has 1 aromatic carbocycles. The Labute approximate surface area is 195 Å². The molecule has 9 heteroatoms. The van der Waals surface area contributed by atoms with Gasteiger partial charge in [0.15, 0.2) is 16.7 Å². The molecule has 3 aromatic rings. The Morgan fingerprint density at radius 2 is 1.84 bits per heavy atom. The van der Waals surface area contributed by atoms with Gasteiger partial charge in [-0.3, -0.25) is 4.79 Å². The lowest BCUT2D eigenvalue weighted by atomic mass is 10.2. The number of thiazole rings is 1. The number of benzene rings is 1. The molecule has 1 saturated heterocycles. The second-order valence-electron chi connectivity index (χ2n) is 7.32. The van der Waals surface area contributed by atoms with Gasteiger partial charge in [0.05, 0.1) is 24.8 Å². The number of rotatable bonds is 5. The number of hydrogen-bond donors (Lipinski definition) is 1. The van der Waals surface area contributed by atoms with Crippen molar-refractivity contribution in [2.24, 2.45) is 4.99 Å². The Kier molecular flexibility index (Phi) is 6.12. The van der Waals surface area contributed by atoms with Crippen molar-refractivity contribution in [2.75, 3.05) is 14.2 Å². The van der Waals surface area contributed by atoms with Crippen LogP contribution in [0.3, 0.4) is 0 Å². The number of amides is 1. The molecule has 0 aliphatic carbocycles. The third-order valence-electron chi connectivity index (χ3n) is 5.25. The second-order valence-corrected chi connectivity index (χ2v) is 9.53. The van der Waals surface area contributed by atoms with Gasteiger partial charge in [-0.2, -0.15) is 4.99 Å². The molecule has 3 heterocycles. The number of ether oxygens (including phenoxy) is 2. The number of aryl methyl sites for hydroxylation is 3. The van der Waals surface area contributed by atoms with Gasteiger partial charge < -0.3 is 19.4 Å².